The van der Waals surface area contributed by atoms with E-state index in [0.29, 0.717) is 0 Å². The fraction of sp³-hybridized carbons (Fsp3) is 0. The van der Waals surface area contributed by atoms with Crippen LogP contribution in [0, 0.1) is 17.1 Å². The van der Waals surface area contributed by atoms with Gasteiger partial charge >= 0.3 is 0 Å². The summed E-state index contributed by atoms with van der Waals surface area (Å²) < 4.78 is 13.0. The molecule has 0 bridgehead atoms. The Labute approximate surface area is 73.7 Å². The Morgan fingerprint density at radius 3 is 2.77 bits per heavy atom. The van der Waals surface area contributed by atoms with Crippen molar-refractivity contribution in [3.8, 4) is 6.07 Å². The van der Waals surface area contributed by atoms with Crippen molar-refractivity contribution in [3.05, 3.63) is 35.1 Å². The Bertz CT molecular complexity index is 383. The van der Waals surface area contributed by atoms with Crippen LogP contribution < -0.4 is 11.3 Å². The Morgan fingerprint density at radius 1 is 1.62 bits per heavy atom. The number of nitrogens with zero attached hydrogens (tertiary/aromatic N) is 1. The van der Waals surface area contributed by atoms with Crippen molar-refractivity contribution in [2.75, 3.05) is 0 Å². The van der Waals surface area contributed by atoms with Crippen LogP contribution in [0.5, 0.6) is 0 Å². The molecular formula is C8H6FN3O. The van der Waals surface area contributed by atoms with E-state index in [2.05, 4.69) is 0 Å². The zero-order valence-electron chi connectivity index (χ0n) is 6.54. The number of carbonyl (C=O) groups is 1. The summed E-state index contributed by atoms with van der Waals surface area (Å²) in [6.07, 6.45) is 0. The molecule has 0 aromatic heterocycles. The average molecular weight is 179 g/mol. The summed E-state index contributed by atoms with van der Waals surface area (Å²) >= 11 is 0. The van der Waals surface area contributed by atoms with Gasteiger partial charge in [0.05, 0.1) is 17.2 Å². The van der Waals surface area contributed by atoms with Crippen molar-refractivity contribution >= 4 is 5.91 Å². The predicted molar refractivity (Wildman–Crippen MR) is 42.8 cm³/mol. The van der Waals surface area contributed by atoms with E-state index in [1.165, 1.54) is 12.1 Å². The van der Waals surface area contributed by atoms with E-state index in [1.807, 2.05) is 0 Å². The molecule has 0 fully saturated rings. The van der Waals surface area contributed by atoms with E-state index in [9.17, 15) is 9.18 Å². The lowest BCUT2D eigenvalue weighted by molar-refractivity contribution is 0.0949. The summed E-state index contributed by atoms with van der Waals surface area (Å²) in [5.74, 6) is 3.33. The second-order valence-electron chi connectivity index (χ2n) is 2.28. The molecule has 1 amide bonds. The summed E-state index contributed by atoms with van der Waals surface area (Å²) in [4.78, 5) is 10.9. The maximum absolute atomic E-state index is 13.0. The van der Waals surface area contributed by atoms with Crippen LogP contribution in [0.3, 0.4) is 0 Å². The van der Waals surface area contributed by atoms with E-state index in [1.54, 1.807) is 11.5 Å². The Kier molecular flexibility index (Phi) is 2.57. The molecule has 0 aliphatic heterocycles. The van der Waals surface area contributed by atoms with Gasteiger partial charge in [-0.1, -0.05) is 0 Å². The molecule has 0 atom stereocenters. The predicted octanol–water partition coefficient (Wildman–Crippen LogP) is 0.301. The number of rotatable bonds is 1. The van der Waals surface area contributed by atoms with Crippen LogP contribution in [0.25, 0.3) is 0 Å². The summed E-state index contributed by atoms with van der Waals surface area (Å²) in [5.41, 5.74) is 1.78. The summed E-state index contributed by atoms with van der Waals surface area (Å²) in [7, 11) is 0. The van der Waals surface area contributed by atoms with Gasteiger partial charge in [-0.15, -0.1) is 0 Å². The number of benzene rings is 1. The molecule has 1 aromatic carbocycles. The van der Waals surface area contributed by atoms with Crippen molar-refractivity contribution in [2.45, 2.75) is 0 Å². The SMILES string of the molecule is N#Cc1ccc(C(=O)NN)c(F)c1. The molecule has 0 unspecified atom stereocenters. The lowest BCUT2D eigenvalue weighted by atomic mass is 10.1. The summed E-state index contributed by atoms with van der Waals surface area (Å²) in [5, 5.41) is 8.41. The zero-order chi connectivity index (χ0) is 9.84. The van der Waals surface area contributed by atoms with Crippen LogP contribution in [-0.2, 0) is 0 Å². The van der Waals surface area contributed by atoms with Crippen LogP contribution in [-0.4, -0.2) is 5.91 Å². The fourth-order valence-corrected chi connectivity index (χ4v) is 0.847. The van der Waals surface area contributed by atoms with E-state index >= 15 is 0 Å². The molecule has 0 aliphatic carbocycles. The van der Waals surface area contributed by atoms with Gasteiger partial charge < -0.3 is 0 Å². The quantitative estimate of drug-likeness (QED) is 0.369. The third-order valence-corrected chi connectivity index (χ3v) is 1.47. The van der Waals surface area contributed by atoms with E-state index in [0.717, 1.165) is 6.07 Å². The van der Waals surface area contributed by atoms with Crippen molar-refractivity contribution in [2.24, 2.45) is 5.84 Å². The fourth-order valence-electron chi connectivity index (χ4n) is 0.847. The number of nitrogens with one attached hydrogen (secondary N) is 1. The first-order chi connectivity index (χ1) is 6.19. The molecular weight excluding hydrogens is 173 g/mol. The molecule has 0 saturated heterocycles. The molecule has 1 rings (SSSR count). The first-order valence-corrected chi connectivity index (χ1v) is 3.39. The molecule has 1 aromatic rings. The number of hydrazine groups is 1. The second kappa shape index (κ2) is 3.65. The minimum Gasteiger partial charge on any atom is -0.290 e. The number of amides is 1. The molecule has 3 N–H and O–H groups in total. The van der Waals surface area contributed by atoms with Crippen LogP contribution in [0.2, 0.25) is 0 Å². The third kappa shape index (κ3) is 1.80. The first-order valence-electron chi connectivity index (χ1n) is 3.39. The van der Waals surface area contributed by atoms with Gasteiger partial charge in [-0.3, -0.25) is 10.2 Å². The summed E-state index contributed by atoms with van der Waals surface area (Å²) in [6.45, 7) is 0. The Morgan fingerprint density at radius 2 is 2.31 bits per heavy atom. The van der Waals surface area contributed by atoms with Crippen molar-refractivity contribution in [1.29, 1.82) is 5.26 Å². The smallest absolute Gasteiger partial charge is 0.268 e. The number of carbonyl (C=O) groups excluding carboxylic acids is 1. The van der Waals surface area contributed by atoms with Crippen LogP contribution in [0.4, 0.5) is 4.39 Å². The highest BCUT2D eigenvalue weighted by molar-refractivity contribution is 5.94. The van der Waals surface area contributed by atoms with Gasteiger partial charge in [0.1, 0.15) is 5.82 Å². The molecule has 0 spiro atoms. The molecule has 0 aliphatic rings. The lowest BCUT2D eigenvalue weighted by Crippen LogP contribution is -2.30. The standard InChI is InChI=1S/C8H6FN3O/c9-7-3-5(4-10)1-2-6(7)8(13)12-11/h1-3H,11H2,(H,12,13). The Balaban J connectivity index is 3.14. The molecule has 0 heterocycles. The van der Waals surface area contributed by atoms with Gasteiger partial charge in [0.2, 0.25) is 0 Å². The Hall–Kier alpha value is -1.93. The minimum absolute atomic E-state index is 0.158. The van der Waals surface area contributed by atoms with Crippen LogP contribution >= 0.6 is 0 Å². The largest absolute Gasteiger partial charge is 0.290 e. The molecule has 66 valence electrons. The highest BCUT2D eigenvalue weighted by Gasteiger charge is 2.10. The molecule has 5 heteroatoms. The summed E-state index contributed by atoms with van der Waals surface area (Å²) in [6, 6.07) is 5.27. The second-order valence-corrected chi connectivity index (χ2v) is 2.28. The molecule has 13 heavy (non-hydrogen) atoms. The number of halogens is 1. The van der Waals surface area contributed by atoms with Crippen molar-refractivity contribution < 1.29 is 9.18 Å². The first kappa shape index (κ1) is 9.16. The number of nitrogen functional groups attached to an aromatic ring is 1. The number of hydrogen-bond acceptors (Lipinski definition) is 3. The third-order valence-electron chi connectivity index (χ3n) is 1.47. The average Bonchev–Trinajstić information content (AvgIpc) is 2.16. The highest BCUT2D eigenvalue weighted by Crippen LogP contribution is 2.09. The van der Waals surface area contributed by atoms with E-state index in [-0.39, 0.29) is 11.1 Å². The number of nitriles is 1. The normalized spacial score (nSPS) is 9.00. The van der Waals surface area contributed by atoms with E-state index in [4.69, 9.17) is 11.1 Å². The number of nitrogens with two attached hydrogens (primary N) is 1. The van der Waals surface area contributed by atoms with Crippen molar-refractivity contribution in [3.63, 3.8) is 0 Å². The van der Waals surface area contributed by atoms with Gasteiger partial charge in [-0.2, -0.15) is 5.26 Å². The van der Waals surface area contributed by atoms with Gasteiger partial charge in [0, 0.05) is 0 Å². The van der Waals surface area contributed by atoms with E-state index < -0.39 is 11.7 Å². The van der Waals surface area contributed by atoms with Gasteiger partial charge in [0.15, 0.2) is 0 Å². The maximum atomic E-state index is 13.0. The molecule has 0 radical (unpaired) electrons. The van der Waals surface area contributed by atoms with Crippen LogP contribution in [0.1, 0.15) is 15.9 Å². The van der Waals surface area contributed by atoms with Crippen LogP contribution in [0.15, 0.2) is 18.2 Å². The van der Waals surface area contributed by atoms with Gasteiger partial charge in [0.25, 0.3) is 5.91 Å². The van der Waals surface area contributed by atoms with Gasteiger partial charge in [-0.25, -0.2) is 10.2 Å². The van der Waals surface area contributed by atoms with Gasteiger partial charge in [-0.05, 0) is 18.2 Å². The number of hydrogen-bond donors (Lipinski definition) is 2. The lowest BCUT2D eigenvalue weighted by Gasteiger charge is -2.00. The molecule has 0 saturated carbocycles. The minimum atomic E-state index is -0.762. The zero-order valence-corrected chi connectivity index (χ0v) is 6.54. The highest BCUT2D eigenvalue weighted by atomic mass is 19.1. The molecule has 4 nitrogen and oxygen atoms in total. The topological polar surface area (TPSA) is 78.9 Å². The maximum Gasteiger partial charge on any atom is 0.268 e. The van der Waals surface area contributed by atoms with Crippen molar-refractivity contribution in [1.82, 2.24) is 5.43 Å². The monoisotopic (exact) mass is 179 g/mol.